The smallest absolute Gasteiger partial charge is 0.252 e. The number of carbonyl (C=O) groups excluding carboxylic acids is 1. The minimum absolute atomic E-state index is 0.177. The van der Waals surface area contributed by atoms with Crippen molar-refractivity contribution in [3.8, 4) is 11.1 Å². The van der Waals surface area contributed by atoms with E-state index in [-0.39, 0.29) is 11.2 Å². The molecule has 1 aromatic heterocycles. The Morgan fingerprint density at radius 2 is 1.85 bits per heavy atom. The summed E-state index contributed by atoms with van der Waals surface area (Å²) in [6, 6.07) is 8.82. The zero-order valence-corrected chi connectivity index (χ0v) is 15.3. The molecule has 3 rings (SSSR count). The Balaban J connectivity index is 1.71. The Labute approximate surface area is 153 Å². The zero-order chi connectivity index (χ0) is 18.6. The topological polar surface area (TPSA) is 100 Å². The predicted molar refractivity (Wildman–Crippen MR) is 101 cm³/mol. The van der Waals surface area contributed by atoms with Gasteiger partial charge in [-0.05, 0) is 43.7 Å². The quantitative estimate of drug-likeness (QED) is 0.610. The van der Waals surface area contributed by atoms with Crippen molar-refractivity contribution in [1.82, 2.24) is 15.6 Å². The molecule has 0 bridgehead atoms. The molecule has 0 atom stereocenters. The molecule has 8 heteroatoms. The number of rotatable bonds is 8. The first-order valence-corrected chi connectivity index (χ1v) is 10.0. The standard InChI is InChI=1S/C18H22N4O3S/c1-19-8-9-21-18(23)15-10-14(11-20-12-15)13-2-4-16(5-3-13)22-26(24,25)17-6-7-17/h2-5,10-12,17,19,22H,6-9H2,1H3,(H,21,23). The van der Waals surface area contributed by atoms with E-state index in [0.29, 0.717) is 24.3 Å². The van der Waals surface area contributed by atoms with E-state index in [2.05, 4.69) is 20.3 Å². The first-order chi connectivity index (χ1) is 12.5. The number of pyridine rings is 1. The molecule has 1 heterocycles. The summed E-state index contributed by atoms with van der Waals surface area (Å²) in [7, 11) is -1.44. The lowest BCUT2D eigenvalue weighted by atomic mass is 10.1. The number of nitrogens with zero attached hydrogens (tertiary/aromatic N) is 1. The van der Waals surface area contributed by atoms with Gasteiger partial charge in [-0.2, -0.15) is 0 Å². The summed E-state index contributed by atoms with van der Waals surface area (Å²) < 4.78 is 26.6. The number of hydrogen-bond acceptors (Lipinski definition) is 5. The van der Waals surface area contributed by atoms with Gasteiger partial charge in [0.2, 0.25) is 10.0 Å². The van der Waals surface area contributed by atoms with E-state index in [1.165, 1.54) is 6.20 Å². The van der Waals surface area contributed by atoms with Crippen LogP contribution in [0.3, 0.4) is 0 Å². The molecule has 1 aliphatic rings. The van der Waals surface area contributed by atoms with Crippen LogP contribution in [0.5, 0.6) is 0 Å². The van der Waals surface area contributed by atoms with Crippen molar-refractivity contribution >= 4 is 21.6 Å². The minimum atomic E-state index is -3.27. The fourth-order valence-electron chi connectivity index (χ4n) is 2.48. The van der Waals surface area contributed by atoms with E-state index in [1.807, 2.05) is 19.2 Å². The molecule has 0 radical (unpaired) electrons. The third-order valence-corrected chi connectivity index (χ3v) is 5.97. The molecule has 0 saturated heterocycles. The van der Waals surface area contributed by atoms with Crippen LogP contribution in [-0.2, 0) is 10.0 Å². The van der Waals surface area contributed by atoms with Crippen LogP contribution in [0.4, 0.5) is 5.69 Å². The van der Waals surface area contributed by atoms with Crippen LogP contribution in [0.2, 0.25) is 0 Å². The minimum Gasteiger partial charge on any atom is -0.351 e. The molecule has 3 N–H and O–H groups in total. The maximum Gasteiger partial charge on any atom is 0.252 e. The van der Waals surface area contributed by atoms with Gasteiger partial charge in [-0.15, -0.1) is 0 Å². The number of nitrogens with one attached hydrogen (secondary N) is 3. The Morgan fingerprint density at radius 1 is 1.12 bits per heavy atom. The average Bonchev–Trinajstić information content (AvgIpc) is 3.48. The van der Waals surface area contributed by atoms with Crippen LogP contribution in [0.25, 0.3) is 11.1 Å². The van der Waals surface area contributed by atoms with Crippen LogP contribution in [-0.4, -0.2) is 44.7 Å². The summed E-state index contributed by atoms with van der Waals surface area (Å²) in [6.07, 6.45) is 4.65. The van der Waals surface area contributed by atoms with Gasteiger partial charge in [0, 0.05) is 36.7 Å². The number of benzene rings is 1. The molecule has 0 spiro atoms. The molecule has 1 aromatic carbocycles. The van der Waals surface area contributed by atoms with Gasteiger partial charge < -0.3 is 10.6 Å². The summed E-state index contributed by atoms with van der Waals surface area (Å²) in [5, 5.41) is 5.52. The second-order valence-electron chi connectivity index (χ2n) is 6.25. The number of likely N-dealkylation sites (N-methyl/N-ethyl adjacent to an activating group) is 1. The van der Waals surface area contributed by atoms with Gasteiger partial charge in [-0.25, -0.2) is 8.42 Å². The van der Waals surface area contributed by atoms with E-state index in [9.17, 15) is 13.2 Å². The number of amides is 1. The third-order valence-electron chi connectivity index (χ3n) is 4.10. The summed E-state index contributed by atoms with van der Waals surface area (Å²) in [5.74, 6) is -0.177. The molecule has 1 saturated carbocycles. The summed E-state index contributed by atoms with van der Waals surface area (Å²) >= 11 is 0. The highest BCUT2D eigenvalue weighted by atomic mass is 32.2. The maximum absolute atomic E-state index is 12.1. The van der Waals surface area contributed by atoms with Gasteiger partial charge >= 0.3 is 0 Å². The predicted octanol–water partition coefficient (Wildman–Crippen LogP) is 1.60. The van der Waals surface area contributed by atoms with Crippen LogP contribution in [0, 0.1) is 0 Å². The van der Waals surface area contributed by atoms with Gasteiger partial charge in [0.05, 0.1) is 10.8 Å². The normalized spacial score (nSPS) is 14.0. The number of hydrogen-bond donors (Lipinski definition) is 3. The molecule has 26 heavy (non-hydrogen) atoms. The van der Waals surface area contributed by atoms with Crippen molar-refractivity contribution in [3.05, 3.63) is 48.3 Å². The second-order valence-corrected chi connectivity index (χ2v) is 8.21. The highest BCUT2D eigenvalue weighted by molar-refractivity contribution is 7.93. The molecular formula is C18H22N4O3S. The molecule has 1 fully saturated rings. The van der Waals surface area contributed by atoms with Gasteiger partial charge in [-0.3, -0.25) is 14.5 Å². The molecule has 0 unspecified atom stereocenters. The van der Waals surface area contributed by atoms with Gasteiger partial charge in [0.15, 0.2) is 0 Å². The molecule has 138 valence electrons. The largest absolute Gasteiger partial charge is 0.351 e. The number of aromatic nitrogens is 1. The SMILES string of the molecule is CNCCNC(=O)c1cncc(-c2ccc(NS(=O)(=O)C3CC3)cc2)c1. The molecule has 7 nitrogen and oxygen atoms in total. The zero-order valence-electron chi connectivity index (χ0n) is 14.5. The Kier molecular flexibility index (Phi) is 5.53. The van der Waals surface area contributed by atoms with E-state index in [4.69, 9.17) is 0 Å². The van der Waals surface area contributed by atoms with E-state index < -0.39 is 10.0 Å². The van der Waals surface area contributed by atoms with Crippen molar-refractivity contribution in [2.24, 2.45) is 0 Å². The molecular weight excluding hydrogens is 352 g/mol. The lowest BCUT2D eigenvalue weighted by molar-refractivity contribution is 0.0954. The van der Waals surface area contributed by atoms with Crippen molar-refractivity contribution in [1.29, 1.82) is 0 Å². The first-order valence-electron chi connectivity index (χ1n) is 8.49. The van der Waals surface area contributed by atoms with E-state index >= 15 is 0 Å². The molecule has 2 aromatic rings. The van der Waals surface area contributed by atoms with Gasteiger partial charge in [-0.1, -0.05) is 12.1 Å². The highest BCUT2D eigenvalue weighted by Gasteiger charge is 2.35. The molecule has 1 aliphatic carbocycles. The van der Waals surface area contributed by atoms with Crippen LogP contribution >= 0.6 is 0 Å². The van der Waals surface area contributed by atoms with E-state index in [1.54, 1.807) is 24.4 Å². The van der Waals surface area contributed by atoms with Crippen molar-refractivity contribution in [2.45, 2.75) is 18.1 Å². The van der Waals surface area contributed by atoms with Crippen LogP contribution in [0.1, 0.15) is 23.2 Å². The number of anilines is 1. The third kappa shape index (κ3) is 4.59. The van der Waals surface area contributed by atoms with E-state index in [0.717, 1.165) is 24.0 Å². The fourth-order valence-corrected chi connectivity index (χ4v) is 3.87. The van der Waals surface area contributed by atoms with Crippen molar-refractivity contribution < 1.29 is 13.2 Å². The Morgan fingerprint density at radius 3 is 2.50 bits per heavy atom. The second kappa shape index (κ2) is 7.84. The highest BCUT2D eigenvalue weighted by Crippen LogP contribution is 2.30. The van der Waals surface area contributed by atoms with Gasteiger partial charge in [0.1, 0.15) is 0 Å². The van der Waals surface area contributed by atoms with Crippen LogP contribution < -0.4 is 15.4 Å². The molecule has 1 amide bonds. The fraction of sp³-hybridized carbons (Fsp3) is 0.333. The number of sulfonamides is 1. The van der Waals surface area contributed by atoms with Crippen LogP contribution in [0.15, 0.2) is 42.7 Å². The Hall–Kier alpha value is -2.45. The maximum atomic E-state index is 12.1. The summed E-state index contributed by atoms with van der Waals surface area (Å²) in [6.45, 7) is 1.23. The Bertz CT molecular complexity index is 878. The molecule has 0 aliphatic heterocycles. The first kappa shape index (κ1) is 18.3. The lowest BCUT2D eigenvalue weighted by Crippen LogP contribution is -2.30. The number of carbonyl (C=O) groups is 1. The average molecular weight is 374 g/mol. The van der Waals surface area contributed by atoms with Crippen molar-refractivity contribution in [2.75, 3.05) is 24.9 Å². The monoisotopic (exact) mass is 374 g/mol. The van der Waals surface area contributed by atoms with Crippen molar-refractivity contribution in [3.63, 3.8) is 0 Å². The summed E-state index contributed by atoms with van der Waals surface area (Å²) in [4.78, 5) is 16.3. The lowest BCUT2D eigenvalue weighted by Gasteiger charge is -2.09. The summed E-state index contributed by atoms with van der Waals surface area (Å²) in [5.41, 5.74) is 2.67. The van der Waals surface area contributed by atoms with Gasteiger partial charge in [0.25, 0.3) is 5.91 Å².